The second-order valence-electron chi connectivity index (χ2n) is 5.86. The van der Waals surface area contributed by atoms with Gasteiger partial charge in [0, 0.05) is 26.7 Å². The predicted molar refractivity (Wildman–Crippen MR) is 107 cm³/mol. The van der Waals surface area contributed by atoms with Crippen LogP contribution in [0, 0.1) is 0 Å². The van der Waals surface area contributed by atoms with E-state index in [1.54, 1.807) is 14.2 Å². The molecule has 5 heteroatoms. The Morgan fingerprint density at radius 1 is 1.00 bits per heavy atom. The molecule has 0 aliphatic rings. The van der Waals surface area contributed by atoms with Gasteiger partial charge in [0.25, 0.3) is 0 Å². The Hall–Kier alpha value is -2.53. The molecule has 0 unspecified atom stereocenters. The monoisotopic (exact) mass is 355 g/mol. The lowest BCUT2D eigenvalue weighted by molar-refractivity contribution is 0.133. The van der Waals surface area contributed by atoms with Gasteiger partial charge in [-0.15, -0.1) is 0 Å². The highest BCUT2D eigenvalue weighted by atomic mass is 16.5. The van der Waals surface area contributed by atoms with E-state index < -0.39 is 0 Å². The van der Waals surface area contributed by atoms with E-state index in [2.05, 4.69) is 39.9 Å². The SMILES string of the molecule is CCOCc1ccccc1CNC(=NC)NCCc1ccc(OC)cc1. The van der Waals surface area contributed by atoms with Crippen LogP contribution in [0.15, 0.2) is 53.5 Å². The van der Waals surface area contributed by atoms with Gasteiger partial charge in [0.1, 0.15) is 5.75 Å². The van der Waals surface area contributed by atoms with Crippen LogP contribution in [-0.2, 0) is 24.3 Å². The maximum atomic E-state index is 5.54. The topological polar surface area (TPSA) is 54.9 Å². The van der Waals surface area contributed by atoms with Gasteiger partial charge in [0.05, 0.1) is 13.7 Å². The zero-order chi connectivity index (χ0) is 18.6. The first-order chi connectivity index (χ1) is 12.8. The van der Waals surface area contributed by atoms with Gasteiger partial charge in [-0.05, 0) is 42.2 Å². The third-order valence-electron chi connectivity index (χ3n) is 4.12. The zero-order valence-corrected chi connectivity index (χ0v) is 15.9. The summed E-state index contributed by atoms with van der Waals surface area (Å²) in [5, 5.41) is 6.73. The Labute approximate surface area is 156 Å². The number of hydrogen-bond donors (Lipinski definition) is 2. The van der Waals surface area contributed by atoms with Crippen molar-refractivity contribution >= 4 is 5.96 Å². The lowest BCUT2D eigenvalue weighted by Crippen LogP contribution is -2.38. The molecule has 0 bridgehead atoms. The summed E-state index contributed by atoms with van der Waals surface area (Å²) in [4.78, 5) is 4.30. The van der Waals surface area contributed by atoms with Crippen molar-refractivity contribution in [1.82, 2.24) is 10.6 Å². The van der Waals surface area contributed by atoms with E-state index in [0.29, 0.717) is 13.2 Å². The minimum Gasteiger partial charge on any atom is -0.497 e. The van der Waals surface area contributed by atoms with Gasteiger partial charge in [-0.1, -0.05) is 36.4 Å². The van der Waals surface area contributed by atoms with Crippen molar-refractivity contribution in [3.05, 3.63) is 65.2 Å². The van der Waals surface area contributed by atoms with Crippen LogP contribution >= 0.6 is 0 Å². The number of nitrogens with zero attached hydrogens (tertiary/aromatic N) is 1. The average Bonchev–Trinajstić information content (AvgIpc) is 2.70. The molecule has 2 N–H and O–H groups in total. The summed E-state index contributed by atoms with van der Waals surface area (Å²) in [5.74, 6) is 1.68. The van der Waals surface area contributed by atoms with Crippen LogP contribution in [-0.4, -0.2) is 33.3 Å². The number of nitrogens with one attached hydrogen (secondary N) is 2. The molecule has 2 rings (SSSR count). The molecule has 0 fully saturated rings. The Kier molecular flexibility index (Phi) is 8.49. The minimum absolute atomic E-state index is 0.637. The average molecular weight is 355 g/mol. The van der Waals surface area contributed by atoms with E-state index in [-0.39, 0.29) is 0 Å². The first-order valence-electron chi connectivity index (χ1n) is 8.98. The quantitative estimate of drug-likeness (QED) is 0.536. The number of methoxy groups -OCH3 is 1. The lowest BCUT2D eigenvalue weighted by Gasteiger charge is -2.14. The molecule has 26 heavy (non-hydrogen) atoms. The third-order valence-corrected chi connectivity index (χ3v) is 4.12. The van der Waals surface area contributed by atoms with Crippen LogP contribution in [0.4, 0.5) is 0 Å². The molecule has 0 amide bonds. The molecular formula is C21H29N3O2. The van der Waals surface area contributed by atoms with E-state index in [1.165, 1.54) is 16.7 Å². The van der Waals surface area contributed by atoms with Gasteiger partial charge in [0.2, 0.25) is 0 Å². The summed E-state index contributed by atoms with van der Waals surface area (Å²) in [6.07, 6.45) is 0.922. The van der Waals surface area contributed by atoms with Gasteiger partial charge >= 0.3 is 0 Å². The zero-order valence-electron chi connectivity index (χ0n) is 15.9. The fraction of sp³-hybridized carbons (Fsp3) is 0.381. The van der Waals surface area contributed by atoms with Crippen LogP contribution in [0.3, 0.4) is 0 Å². The summed E-state index contributed by atoms with van der Waals surface area (Å²) in [6.45, 7) is 4.89. The van der Waals surface area contributed by atoms with Crippen LogP contribution in [0.2, 0.25) is 0 Å². The molecule has 2 aromatic rings. The molecule has 0 radical (unpaired) electrons. The largest absolute Gasteiger partial charge is 0.497 e. The molecule has 140 valence electrons. The number of guanidine groups is 1. The van der Waals surface area contributed by atoms with Crippen molar-refractivity contribution in [2.45, 2.75) is 26.5 Å². The maximum Gasteiger partial charge on any atom is 0.191 e. The molecule has 0 saturated carbocycles. The summed E-state index contributed by atoms with van der Waals surface area (Å²) >= 11 is 0. The van der Waals surface area contributed by atoms with Crippen molar-refractivity contribution in [2.75, 3.05) is 27.3 Å². The van der Waals surface area contributed by atoms with Crippen molar-refractivity contribution in [3.63, 3.8) is 0 Å². The summed E-state index contributed by atoms with van der Waals surface area (Å²) in [5.41, 5.74) is 3.69. The molecule has 0 aliphatic carbocycles. The molecule has 0 atom stereocenters. The fourth-order valence-electron chi connectivity index (χ4n) is 2.60. The molecule has 0 spiro atoms. The Bertz CT molecular complexity index is 684. The van der Waals surface area contributed by atoms with Crippen LogP contribution in [0.1, 0.15) is 23.6 Å². The van der Waals surface area contributed by atoms with E-state index in [9.17, 15) is 0 Å². The van der Waals surface area contributed by atoms with Crippen molar-refractivity contribution in [1.29, 1.82) is 0 Å². The van der Waals surface area contributed by atoms with E-state index in [1.807, 2.05) is 31.2 Å². The highest BCUT2D eigenvalue weighted by Crippen LogP contribution is 2.11. The van der Waals surface area contributed by atoms with E-state index in [4.69, 9.17) is 9.47 Å². The molecule has 5 nitrogen and oxygen atoms in total. The smallest absolute Gasteiger partial charge is 0.191 e. The Morgan fingerprint density at radius 3 is 2.38 bits per heavy atom. The molecule has 0 heterocycles. The first kappa shape index (κ1) is 19.8. The van der Waals surface area contributed by atoms with Gasteiger partial charge in [-0.25, -0.2) is 0 Å². The number of hydrogen-bond acceptors (Lipinski definition) is 3. The standard InChI is InChI=1S/C21H29N3O2/c1-4-26-16-19-8-6-5-7-18(19)15-24-21(22-2)23-14-13-17-9-11-20(25-3)12-10-17/h5-12H,4,13-16H2,1-3H3,(H2,22,23,24). The predicted octanol–water partition coefficient (Wildman–Crippen LogP) is 3.14. The summed E-state index contributed by atoms with van der Waals surface area (Å²) < 4.78 is 10.7. The Balaban J connectivity index is 1.80. The van der Waals surface area contributed by atoms with Gasteiger partial charge < -0.3 is 20.1 Å². The van der Waals surface area contributed by atoms with Crippen molar-refractivity contribution < 1.29 is 9.47 Å². The second kappa shape index (κ2) is 11.2. The number of aliphatic imine (C=N–C) groups is 1. The normalized spacial score (nSPS) is 11.3. The van der Waals surface area contributed by atoms with Gasteiger partial charge in [0.15, 0.2) is 5.96 Å². The van der Waals surface area contributed by atoms with Crippen LogP contribution < -0.4 is 15.4 Å². The van der Waals surface area contributed by atoms with Crippen molar-refractivity contribution in [3.8, 4) is 5.75 Å². The van der Waals surface area contributed by atoms with Crippen molar-refractivity contribution in [2.24, 2.45) is 4.99 Å². The van der Waals surface area contributed by atoms with Gasteiger partial charge in [-0.3, -0.25) is 4.99 Å². The molecule has 2 aromatic carbocycles. The van der Waals surface area contributed by atoms with Crippen LogP contribution in [0.5, 0.6) is 5.75 Å². The number of rotatable bonds is 9. The van der Waals surface area contributed by atoms with Gasteiger partial charge in [-0.2, -0.15) is 0 Å². The molecule has 0 aromatic heterocycles. The third kappa shape index (κ3) is 6.41. The summed E-state index contributed by atoms with van der Waals surface area (Å²) in [7, 11) is 3.47. The number of ether oxygens (including phenoxy) is 2. The lowest BCUT2D eigenvalue weighted by atomic mass is 10.1. The van der Waals surface area contributed by atoms with E-state index >= 15 is 0 Å². The molecular weight excluding hydrogens is 326 g/mol. The molecule has 0 aliphatic heterocycles. The highest BCUT2D eigenvalue weighted by molar-refractivity contribution is 5.79. The van der Waals surface area contributed by atoms with Crippen LogP contribution in [0.25, 0.3) is 0 Å². The summed E-state index contributed by atoms with van der Waals surface area (Å²) in [6, 6.07) is 16.4. The fourth-order valence-corrected chi connectivity index (χ4v) is 2.60. The second-order valence-corrected chi connectivity index (χ2v) is 5.86. The highest BCUT2D eigenvalue weighted by Gasteiger charge is 2.04. The maximum absolute atomic E-state index is 5.54. The molecule has 0 saturated heterocycles. The Morgan fingerprint density at radius 2 is 1.73 bits per heavy atom. The number of benzene rings is 2. The van der Waals surface area contributed by atoms with E-state index in [0.717, 1.165) is 31.3 Å². The first-order valence-corrected chi connectivity index (χ1v) is 8.98. The minimum atomic E-state index is 0.637.